The molecule has 8 heteroatoms. The van der Waals surface area contributed by atoms with Crippen molar-refractivity contribution in [3.05, 3.63) is 23.8 Å². The van der Waals surface area contributed by atoms with Gasteiger partial charge in [0.25, 0.3) is 0 Å². The van der Waals surface area contributed by atoms with Crippen molar-refractivity contribution in [2.45, 2.75) is 57.5 Å². The second kappa shape index (κ2) is 12.9. The van der Waals surface area contributed by atoms with E-state index in [9.17, 15) is 10.2 Å². The third kappa shape index (κ3) is 8.04. The maximum absolute atomic E-state index is 10.8. The standard InChI is InChI=1S/C28H51N3O5/c1-22(2)35-20-24(33)18-31(5)16-13-29(3)26(19-31)25-11-10-12-27(28(25)34-6)36-21-23(32)17-30(4)14-8-7-9-15-30/h10-12,22-24,26,32-33H,7-9,13-21H2,1-6H3/q+2. The van der Waals surface area contributed by atoms with Gasteiger partial charge in [-0.05, 0) is 46.2 Å². The van der Waals surface area contributed by atoms with E-state index in [-0.39, 0.29) is 18.8 Å². The lowest BCUT2D eigenvalue weighted by Gasteiger charge is -2.46. The molecule has 1 aromatic rings. The zero-order valence-electron chi connectivity index (χ0n) is 23.5. The summed E-state index contributed by atoms with van der Waals surface area (Å²) in [6.07, 6.45) is 2.85. The molecule has 0 aromatic heterocycles. The summed E-state index contributed by atoms with van der Waals surface area (Å²) in [5.41, 5.74) is 1.08. The molecular weight excluding hydrogens is 458 g/mol. The molecule has 0 saturated carbocycles. The molecular formula is C28H51N3O5+2. The number of hydrogen-bond acceptors (Lipinski definition) is 6. The number of aliphatic hydroxyl groups excluding tert-OH is 2. The van der Waals surface area contributed by atoms with Crippen molar-refractivity contribution in [1.82, 2.24) is 4.90 Å². The van der Waals surface area contributed by atoms with Gasteiger partial charge in [-0.2, -0.15) is 0 Å². The van der Waals surface area contributed by atoms with E-state index in [0.717, 1.165) is 53.0 Å². The highest BCUT2D eigenvalue weighted by Crippen LogP contribution is 2.39. The summed E-state index contributed by atoms with van der Waals surface area (Å²) >= 11 is 0. The van der Waals surface area contributed by atoms with Crippen molar-refractivity contribution in [2.24, 2.45) is 0 Å². The number of para-hydroxylation sites is 1. The SMILES string of the molecule is COc1c(OCC(O)C[N+]2(C)CCCCC2)cccc1C1C[N+](C)(CC(O)COC(C)C)CCN1C. The number of piperazine rings is 1. The van der Waals surface area contributed by atoms with Gasteiger partial charge in [-0.3, -0.25) is 4.90 Å². The minimum Gasteiger partial charge on any atom is -0.493 e. The Balaban J connectivity index is 1.68. The molecule has 0 aliphatic carbocycles. The van der Waals surface area contributed by atoms with E-state index in [4.69, 9.17) is 14.2 Å². The highest BCUT2D eigenvalue weighted by molar-refractivity contribution is 5.48. The number of nitrogens with zero attached hydrogens (tertiary/aromatic N) is 3. The molecule has 0 amide bonds. The first-order valence-corrected chi connectivity index (χ1v) is 13.7. The Bertz CT molecular complexity index is 816. The predicted molar refractivity (Wildman–Crippen MR) is 142 cm³/mol. The Hall–Kier alpha value is -1.42. The smallest absolute Gasteiger partial charge is 0.165 e. The molecule has 2 N–H and O–H groups in total. The van der Waals surface area contributed by atoms with Gasteiger partial charge in [0.05, 0.1) is 66.1 Å². The van der Waals surface area contributed by atoms with Crippen LogP contribution in [0.1, 0.15) is 44.7 Å². The predicted octanol–water partition coefficient (Wildman–Crippen LogP) is 2.28. The molecule has 1 aromatic carbocycles. The fraction of sp³-hybridized carbons (Fsp3) is 0.786. The number of hydrogen-bond donors (Lipinski definition) is 2. The molecule has 3 rings (SSSR count). The topological polar surface area (TPSA) is 71.4 Å². The maximum atomic E-state index is 10.8. The second-order valence-electron chi connectivity index (χ2n) is 11.9. The van der Waals surface area contributed by atoms with Crippen molar-refractivity contribution in [1.29, 1.82) is 0 Å². The molecule has 2 fully saturated rings. The number of piperidine rings is 1. The summed E-state index contributed by atoms with van der Waals surface area (Å²) < 4.78 is 19.4. The van der Waals surface area contributed by atoms with Gasteiger partial charge in [-0.25, -0.2) is 0 Å². The van der Waals surface area contributed by atoms with Crippen molar-refractivity contribution in [2.75, 3.05) is 87.3 Å². The normalized spacial score (nSPS) is 26.5. The van der Waals surface area contributed by atoms with Gasteiger partial charge in [0, 0.05) is 12.1 Å². The van der Waals surface area contributed by atoms with Crippen LogP contribution >= 0.6 is 0 Å². The Kier molecular flexibility index (Phi) is 10.4. The van der Waals surface area contributed by atoms with Gasteiger partial charge < -0.3 is 33.4 Å². The lowest BCUT2D eigenvalue weighted by molar-refractivity contribution is -0.920. The molecule has 2 aliphatic heterocycles. The van der Waals surface area contributed by atoms with E-state index in [1.165, 1.54) is 19.3 Å². The van der Waals surface area contributed by atoms with Crippen LogP contribution in [0.4, 0.5) is 0 Å². The highest BCUT2D eigenvalue weighted by atomic mass is 16.5. The summed E-state index contributed by atoms with van der Waals surface area (Å²) in [6, 6.07) is 6.17. The summed E-state index contributed by atoms with van der Waals surface area (Å²) in [7, 11) is 8.29. The van der Waals surface area contributed by atoms with Crippen molar-refractivity contribution >= 4 is 0 Å². The molecule has 2 saturated heterocycles. The number of aliphatic hydroxyl groups is 2. The van der Waals surface area contributed by atoms with Crippen LogP contribution in [0.5, 0.6) is 11.5 Å². The second-order valence-corrected chi connectivity index (χ2v) is 11.9. The molecule has 2 heterocycles. The summed E-state index contributed by atoms with van der Waals surface area (Å²) in [5.74, 6) is 1.41. The zero-order valence-corrected chi connectivity index (χ0v) is 23.5. The van der Waals surface area contributed by atoms with E-state index in [0.29, 0.717) is 25.4 Å². The molecule has 0 radical (unpaired) electrons. The van der Waals surface area contributed by atoms with Crippen LogP contribution in [0.3, 0.4) is 0 Å². The molecule has 2 aliphatic rings. The van der Waals surface area contributed by atoms with Gasteiger partial charge in [-0.15, -0.1) is 0 Å². The third-order valence-electron chi connectivity index (χ3n) is 7.96. The first kappa shape index (κ1) is 29.1. The van der Waals surface area contributed by atoms with Crippen LogP contribution in [0.2, 0.25) is 0 Å². The van der Waals surface area contributed by atoms with Gasteiger partial charge in [0.1, 0.15) is 31.9 Å². The molecule has 4 atom stereocenters. The zero-order chi connectivity index (χ0) is 26.3. The van der Waals surface area contributed by atoms with Gasteiger partial charge in [0.15, 0.2) is 11.5 Å². The molecule has 36 heavy (non-hydrogen) atoms. The first-order valence-electron chi connectivity index (χ1n) is 13.7. The summed E-state index contributed by atoms with van der Waals surface area (Å²) in [5, 5.41) is 21.4. The molecule has 8 nitrogen and oxygen atoms in total. The number of benzene rings is 1. The third-order valence-corrected chi connectivity index (χ3v) is 7.96. The fourth-order valence-corrected chi connectivity index (χ4v) is 5.90. The number of likely N-dealkylation sites (N-methyl/N-ethyl adjacent to an activating group) is 3. The summed E-state index contributed by atoms with van der Waals surface area (Å²) in [4.78, 5) is 2.36. The van der Waals surface area contributed by atoms with E-state index in [1.807, 2.05) is 26.0 Å². The quantitative estimate of drug-likeness (QED) is 0.422. The Labute approximate surface area is 218 Å². The van der Waals surface area contributed by atoms with Crippen LogP contribution in [0.25, 0.3) is 0 Å². The van der Waals surface area contributed by atoms with Gasteiger partial charge in [0.2, 0.25) is 0 Å². The molecule has 0 spiro atoms. The summed E-state index contributed by atoms with van der Waals surface area (Å²) in [6.45, 7) is 10.9. The number of methoxy groups -OCH3 is 1. The fourth-order valence-electron chi connectivity index (χ4n) is 5.90. The van der Waals surface area contributed by atoms with Crippen LogP contribution in [0, 0.1) is 0 Å². The molecule has 4 unspecified atom stereocenters. The van der Waals surface area contributed by atoms with Gasteiger partial charge in [-0.1, -0.05) is 12.1 Å². The lowest BCUT2D eigenvalue weighted by Crippen LogP contribution is -2.60. The van der Waals surface area contributed by atoms with Crippen molar-refractivity contribution < 1.29 is 33.4 Å². The first-order chi connectivity index (χ1) is 17.0. The number of ether oxygens (including phenoxy) is 3. The van der Waals surface area contributed by atoms with Crippen LogP contribution in [-0.2, 0) is 4.74 Å². The van der Waals surface area contributed by atoms with Crippen molar-refractivity contribution in [3.63, 3.8) is 0 Å². The Morgan fingerprint density at radius 1 is 0.972 bits per heavy atom. The average Bonchev–Trinajstić information content (AvgIpc) is 2.83. The lowest BCUT2D eigenvalue weighted by atomic mass is 9.99. The Morgan fingerprint density at radius 2 is 1.64 bits per heavy atom. The number of quaternary nitrogens is 2. The Morgan fingerprint density at radius 3 is 2.31 bits per heavy atom. The molecule has 206 valence electrons. The van der Waals surface area contributed by atoms with Gasteiger partial charge >= 0.3 is 0 Å². The van der Waals surface area contributed by atoms with E-state index < -0.39 is 12.2 Å². The number of likely N-dealkylation sites (tertiary alicyclic amines) is 1. The maximum Gasteiger partial charge on any atom is 0.165 e. The minimum absolute atomic E-state index is 0.111. The monoisotopic (exact) mass is 509 g/mol. The largest absolute Gasteiger partial charge is 0.493 e. The molecule has 0 bridgehead atoms. The van der Waals surface area contributed by atoms with Crippen LogP contribution < -0.4 is 9.47 Å². The number of rotatable bonds is 12. The minimum atomic E-state index is -0.520. The highest BCUT2D eigenvalue weighted by Gasteiger charge is 2.38. The van der Waals surface area contributed by atoms with Crippen molar-refractivity contribution in [3.8, 4) is 11.5 Å². The van der Waals surface area contributed by atoms with E-state index >= 15 is 0 Å². The van der Waals surface area contributed by atoms with E-state index in [1.54, 1.807) is 7.11 Å². The van der Waals surface area contributed by atoms with E-state index in [2.05, 4.69) is 32.1 Å². The van der Waals surface area contributed by atoms with Crippen LogP contribution in [0.15, 0.2) is 18.2 Å². The average molecular weight is 510 g/mol. The van der Waals surface area contributed by atoms with Crippen LogP contribution in [-0.4, -0.2) is 130 Å².